The molecule has 25 heavy (non-hydrogen) atoms. The zero-order valence-electron chi connectivity index (χ0n) is 15.0. The second kappa shape index (κ2) is 6.72. The van der Waals surface area contributed by atoms with Crippen molar-refractivity contribution in [1.82, 2.24) is 23.1 Å². The van der Waals surface area contributed by atoms with Crippen molar-refractivity contribution in [3.05, 3.63) is 44.9 Å². The van der Waals surface area contributed by atoms with Gasteiger partial charge in [-0.05, 0) is 20.3 Å². The van der Waals surface area contributed by atoms with Crippen LogP contribution in [-0.4, -0.2) is 36.8 Å². The first-order chi connectivity index (χ1) is 12.0. The average Bonchev–Trinajstić information content (AvgIpc) is 3.09. The second-order valence-corrected chi connectivity index (χ2v) is 6.05. The molecule has 0 saturated carbocycles. The largest absolute Gasteiger partial charge is 0.385 e. The topological polar surface area (TPSA) is 75.5 Å². The molecule has 8 heteroatoms. The molecule has 3 rings (SSSR count). The summed E-state index contributed by atoms with van der Waals surface area (Å²) in [6.07, 6.45) is 6.34. The molecule has 0 aliphatic rings. The fraction of sp³-hybridized carbons (Fsp3) is 0.471. The van der Waals surface area contributed by atoms with Gasteiger partial charge in [0.05, 0.1) is 0 Å². The lowest BCUT2D eigenvalue weighted by molar-refractivity contribution is 0.190. The Bertz CT molecular complexity index is 1060. The summed E-state index contributed by atoms with van der Waals surface area (Å²) in [6, 6.07) is 0. The van der Waals surface area contributed by atoms with Gasteiger partial charge in [0.2, 0.25) is 5.78 Å². The summed E-state index contributed by atoms with van der Waals surface area (Å²) in [6.45, 7) is 5.47. The van der Waals surface area contributed by atoms with E-state index in [0.29, 0.717) is 23.5 Å². The summed E-state index contributed by atoms with van der Waals surface area (Å²) in [5.41, 5.74) is 1.16. The number of aryl methyl sites for hydroxylation is 3. The number of hydrogen-bond acceptors (Lipinski definition) is 4. The van der Waals surface area contributed by atoms with Gasteiger partial charge >= 0.3 is 5.69 Å². The molecule has 3 aromatic heterocycles. The summed E-state index contributed by atoms with van der Waals surface area (Å²) in [4.78, 5) is 30.0. The van der Waals surface area contributed by atoms with Gasteiger partial charge in [-0.3, -0.25) is 18.3 Å². The summed E-state index contributed by atoms with van der Waals surface area (Å²) < 4.78 is 11.6. The summed E-state index contributed by atoms with van der Waals surface area (Å²) in [5, 5.41) is 0. The molecule has 0 N–H and O–H groups in total. The SMILES string of the molecule is C/C=C\Cn1c(=O)c2c(nc3n(CCCOC)c(C)cn23)n(C)c1=O. The first kappa shape index (κ1) is 17.2. The lowest BCUT2D eigenvalue weighted by Gasteiger charge is -2.06. The molecule has 0 saturated heterocycles. The molecule has 3 aromatic rings. The normalized spacial score (nSPS) is 12.2. The molecule has 0 aromatic carbocycles. The molecule has 3 heterocycles. The van der Waals surface area contributed by atoms with Crippen LogP contribution in [0.1, 0.15) is 19.0 Å². The molecule has 0 amide bonds. The lowest BCUT2D eigenvalue weighted by atomic mass is 10.4. The summed E-state index contributed by atoms with van der Waals surface area (Å²) >= 11 is 0. The monoisotopic (exact) mass is 345 g/mol. The van der Waals surface area contributed by atoms with E-state index in [-0.39, 0.29) is 17.8 Å². The third-order valence-electron chi connectivity index (χ3n) is 4.39. The van der Waals surface area contributed by atoms with E-state index in [2.05, 4.69) is 4.98 Å². The molecule has 0 bridgehead atoms. The molecule has 0 radical (unpaired) electrons. The van der Waals surface area contributed by atoms with Crippen LogP contribution in [0.5, 0.6) is 0 Å². The van der Waals surface area contributed by atoms with E-state index in [1.807, 2.05) is 30.7 Å². The van der Waals surface area contributed by atoms with E-state index < -0.39 is 0 Å². The Hall–Kier alpha value is -2.61. The standard InChI is InChI=1S/C17H23N5O3/c1-5-6-8-21-15(23)13-14(19(3)17(21)24)18-16-20(9-7-10-25-4)12(2)11-22(13)16/h5-6,11H,7-10H2,1-4H3/b6-5-. The summed E-state index contributed by atoms with van der Waals surface area (Å²) in [5.74, 6) is 0.666. The number of allylic oxidation sites excluding steroid dienone is 2. The van der Waals surface area contributed by atoms with Gasteiger partial charge in [-0.2, -0.15) is 4.98 Å². The highest BCUT2D eigenvalue weighted by atomic mass is 16.5. The predicted octanol–water partition coefficient (Wildman–Crippen LogP) is 1.07. The number of imidazole rings is 2. The Kier molecular flexibility index (Phi) is 4.63. The zero-order valence-corrected chi connectivity index (χ0v) is 15.0. The first-order valence-electron chi connectivity index (χ1n) is 8.29. The van der Waals surface area contributed by atoms with Crippen LogP contribution in [0.4, 0.5) is 0 Å². The van der Waals surface area contributed by atoms with Crippen LogP contribution < -0.4 is 11.2 Å². The summed E-state index contributed by atoms with van der Waals surface area (Å²) in [7, 11) is 3.32. The molecular formula is C17H23N5O3. The molecular weight excluding hydrogens is 322 g/mol. The highest BCUT2D eigenvalue weighted by molar-refractivity contribution is 5.75. The smallest absolute Gasteiger partial charge is 0.332 e. The predicted molar refractivity (Wildman–Crippen MR) is 96.2 cm³/mol. The van der Waals surface area contributed by atoms with Gasteiger partial charge in [0.15, 0.2) is 11.2 Å². The highest BCUT2D eigenvalue weighted by Crippen LogP contribution is 2.16. The van der Waals surface area contributed by atoms with E-state index >= 15 is 0 Å². The number of fused-ring (bicyclic) bond motifs is 3. The van der Waals surface area contributed by atoms with Gasteiger partial charge in [-0.1, -0.05) is 12.2 Å². The number of hydrogen-bond donors (Lipinski definition) is 0. The van der Waals surface area contributed by atoms with E-state index in [1.54, 1.807) is 24.6 Å². The number of rotatable bonds is 6. The fourth-order valence-corrected chi connectivity index (χ4v) is 3.07. The van der Waals surface area contributed by atoms with Crippen LogP contribution >= 0.6 is 0 Å². The molecule has 134 valence electrons. The van der Waals surface area contributed by atoms with Crippen molar-refractivity contribution < 1.29 is 4.74 Å². The quantitative estimate of drug-likeness (QED) is 0.495. The maximum absolute atomic E-state index is 12.9. The van der Waals surface area contributed by atoms with Crippen LogP contribution in [0.25, 0.3) is 16.9 Å². The van der Waals surface area contributed by atoms with Gasteiger partial charge < -0.3 is 9.30 Å². The fourth-order valence-electron chi connectivity index (χ4n) is 3.07. The third-order valence-corrected chi connectivity index (χ3v) is 4.39. The third kappa shape index (κ3) is 2.72. The zero-order chi connectivity index (χ0) is 18.1. The maximum atomic E-state index is 12.9. The van der Waals surface area contributed by atoms with Gasteiger partial charge in [-0.15, -0.1) is 0 Å². The molecule has 0 spiro atoms. The van der Waals surface area contributed by atoms with E-state index in [9.17, 15) is 9.59 Å². The Morgan fingerprint density at radius 1 is 1.28 bits per heavy atom. The van der Waals surface area contributed by atoms with Crippen LogP contribution in [-0.2, 0) is 24.9 Å². The van der Waals surface area contributed by atoms with Gasteiger partial charge in [0.25, 0.3) is 5.56 Å². The maximum Gasteiger partial charge on any atom is 0.332 e. The van der Waals surface area contributed by atoms with Crippen LogP contribution in [0.2, 0.25) is 0 Å². The van der Waals surface area contributed by atoms with Crippen molar-refractivity contribution >= 4 is 16.9 Å². The minimum atomic E-state index is -0.362. The van der Waals surface area contributed by atoms with Crippen molar-refractivity contribution in [1.29, 1.82) is 0 Å². The Labute approximate surface area is 144 Å². The van der Waals surface area contributed by atoms with E-state index in [4.69, 9.17) is 4.74 Å². The molecule has 0 fully saturated rings. The molecule has 0 atom stereocenters. The number of aromatic nitrogens is 5. The minimum absolute atomic E-state index is 0.249. The molecule has 0 aliphatic heterocycles. The molecule has 0 unspecified atom stereocenters. The van der Waals surface area contributed by atoms with E-state index in [0.717, 1.165) is 18.7 Å². The van der Waals surface area contributed by atoms with Crippen molar-refractivity contribution in [3.63, 3.8) is 0 Å². The molecule has 0 aliphatic carbocycles. The lowest BCUT2D eigenvalue weighted by Crippen LogP contribution is -2.39. The highest BCUT2D eigenvalue weighted by Gasteiger charge is 2.19. The number of ether oxygens (including phenoxy) is 1. The average molecular weight is 345 g/mol. The van der Waals surface area contributed by atoms with Crippen LogP contribution in [0.15, 0.2) is 27.9 Å². The number of methoxy groups -OCH3 is 1. The minimum Gasteiger partial charge on any atom is -0.385 e. The Morgan fingerprint density at radius 2 is 2.04 bits per heavy atom. The van der Waals surface area contributed by atoms with Crippen molar-refractivity contribution in [2.45, 2.75) is 33.4 Å². The van der Waals surface area contributed by atoms with Crippen molar-refractivity contribution in [3.8, 4) is 0 Å². The number of nitrogens with zero attached hydrogens (tertiary/aromatic N) is 5. The van der Waals surface area contributed by atoms with Crippen LogP contribution in [0, 0.1) is 6.92 Å². The Morgan fingerprint density at radius 3 is 2.72 bits per heavy atom. The second-order valence-electron chi connectivity index (χ2n) is 6.05. The first-order valence-corrected chi connectivity index (χ1v) is 8.29. The van der Waals surface area contributed by atoms with Gasteiger partial charge in [0, 0.05) is 45.7 Å². The van der Waals surface area contributed by atoms with Crippen molar-refractivity contribution in [2.24, 2.45) is 7.05 Å². The van der Waals surface area contributed by atoms with Crippen LogP contribution in [0.3, 0.4) is 0 Å². The van der Waals surface area contributed by atoms with Gasteiger partial charge in [0.1, 0.15) is 0 Å². The van der Waals surface area contributed by atoms with Gasteiger partial charge in [-0.25, -0.2) is 4.79 Å². The molecule has 8 nitrogen and oxygen atoms in total. The Balaban J connectivity index is 2.28. The van der Waals surface area contributed by atoms with Crippen molar-refractivity contribution in [2.75, 3.05) is 13.7 Å². The van der Waals surface area contributed by atoms with E-state index in [1.165, 1.54) is 9.13 Å².